The number of ether oxygens (including phenoxy) is 1. The Labute approximate surface area is 161 Å². The fraction of sp³-hybridized carbons (Fsp3) is 0.450. The molecule has 0 unspecified atom stereocenters. The molecule has 1 aromatic carbocycles. The highest BCUT2D eigenvalue weighted by Gasteiger charge is 2.18. The molecule has 1 N–H and O–H groups in total. The van der Waals surface area contributed by atoms with Crippen LogP contribution in [-0.2, 0) is 27.7 Å². The minimum absolute atomic E-state index is 0.205. The first kappa shape index (κ1) is 19.8. The lowest BCUT2D eigenvalue weighted by atomic mass is 10.0. The van der Waals surface area contributed by atoms with Gasteiger partial charge in [0.2, 0.25) is 10.0 Å². The molecule has 1 aliphatic heterocycles. The number of pyridine rings is 1. The van der Waals surface area contributed by atoms with Crippen LogP contribution in [0.15, 0.2) is 47.5 Å². The maximum absolute atomic E-state index is 12.7. The molecule has 27 heavy (non-hydrogen) atoms. The third kappa shape index (κ3) is 5.28. The van der Waals surface area contributed by atoms with Crippen LogP contribution in [0.1, 0.15) is 25.0 Å². The van der Waals surface area contributed by atoms with Crippen molar-refractivity contribution in [3.05, 3.63) is 53.7 Å². The van der Waals surface area contributed by atoms with E-state index in [0.29, 0.717) is 19.1 Å². The van der Waals surface area contributed by atoms with Gasteiger partial charge in [0.1, 0.15) is 5.82 Å². The summed E-state index contributed by atoms with van der Waals surface area (Å²) in [6.07, 6.45) is 2.67. The SMILES string of the molecule is CC(C)Cc1ccc(S(=O)(=O)NCc2cccnc2N2CCOCC2)cc1. The summed E-state index contributed by atoms with van der Waals surface area (Å²) in [5.41, 5.74) is 2.00. The first-order valence-corrected chi connectivity index (χ1v) is 10.8. The summed E-state index contributed by atoms with van der Waals surface area (Å²) < 4.78 is 33.4. The van der Waals surface area contributed by atoms with E-state index in [9.17, 15) is 8.42 Å². The normalized spacial score (nSPS) is 15.3. The summed E-state index contributed by atoms with van der Waals surface area (Å²) in [5.74, 6) is 1.35. The molecular weight excluding hydrogens is 362 g/mol. The van der Waals surface area contributed by atoms with Gasteiger partial charge >= 0.3 is 0 Å². The van der Waals surface area contributed by atoms with Crippen LogP contribution < -0.4 is 9.62 Å². The number of morpholine rings is 1. The van der Waals surface area contributed by atoms with Gasteiger partial charge in [-0.05, 0) is 36.1 Å². The molecule has 0 radical (unpaired) electrons. The highest BCUT2D eigenvalue weighted by molar-refractivity contribution is 7.89. The van der Waals surface area contributed by atoms with Crippen LogP contribution in [0, 0.1) is 5.92 Å². The van der Waals surface area contributed by atoms with Crippen LogP contribution in [-0.4, -0.2) is 39.7 Å². The van der Waals surface area contributed by atoms with Gasteiger partial charge in [0.15, 0.2) is 0 Å². The topological polar surface area (TPSA) is 71.5 Å². The summed E-state index contributed by atoms with van der Waals surface area (Å²) in [4.78, 5) is 6.87. The first-order valence-electron chi connectivity index (χ1n) is 9.31. The molecule has 146 valence electrons. The van der Waals surface area contributed by atoms with Gasteiger partial charge in [-0.15, -0.1) is 0 Å². The summed E-state index contributed by atoms with van der Waals surface area (Å²) in [6, 6.07) is 10.9. The zero-order valence-corrected chi connectivity index (χ0v) is 16.7. The Kier molecular flexibility index (Phi) is 6.46. The number of sulfonamides is 1. The highest BCUT2D eigenvalue weighted by Crippen LogP contribution is 2.19. The van der Waals surface area contributed by atoms with Crippen molar-refractivity contribution >= 4 is 15.8 Å². The lowest BCUT2D eigenvalue weighted by Gasteiger charge is -2.29. The number of hydrogen-bond donors (Lipinski definition) is 1. The molecular formula is C20H27N3O3S. The Hall–Kier alpha value is -1.96. The molecule has 1 fully saturated rings. The second kappa shape index (κ2) is 8.82. The zero-order valence-electron chi connectivity index (χ0n) is 15.9. The molecule has 0 spiro atoms. The van der Waals surface area contributed by atoms with E-state index >= 15 is 0 Å². The summed E-state index contributed by atoms with van der Waals surface area (Å²) >= 11 is 0. The fourth-order valence-electron chi connectivity index (χ4n) is 3.16. The molecule has 0 amide bonds. The molecule has 0 bridgehead atoms. The van der Waals surface area contributed by atoms with E-state index in [1.54, 1.807) is 18.3 Å². The van der Waals surface area contributed by atoms with Crippen molar-refractivity contribution in [2.75, 3.05) is 31.2 Å². The summed E-state index contributed by atoms with van der Waals surface area (Å²) in [6.45, 7) is 7.33. The zero-order chi connectivity index (χ0) is 19.3. The second-order valence-electron chi connectivity index (χ2n) is 7.15. The van der Waals surface area contributed by atoms with Crippen LogP contribution in [0.25, 0.3) is 0 Å². The van der Waals surface area contributed by atoms with Crippen molar-refractivity contribution in [3.63, 3.8) is 0 Å². The van der Waals surface area contributed by atoms with Gasteiger partial charge in [-0.2, -0.15) is 0 Å². The van der Waals surface area contributed by atoms with E-state index in [1.165, 1.54) is 0 Å². The van der Waals surface area contributed by atoms with Crippen molar-refractivity contribution in [2.24, 2.45) is 5.92 Å². The standard InChI is InChI=1S/C20H27N3O3S/c1-16(2)14-17-5-7-19(8-6-17)27(24,25)22-15-18-4-3-9-21-20(18)23-10-12-26-13-11-23/h3-9,16,22H,10-15H2,1-2H3. The van der Waals surface area contributed by atoms with E-state index in [4.69, 9.17) is 4.74 Å². The smallest absolute Gasteiger partial charge is 0.240 e. The van der Waals surface area contributed by atoms with E-state index in [1.807, 2.05) is 24.3 Å². The molecule has 1 aromatic heterocycles. The minimum Gasteiger partial charge on any atom is -0.378 e. The Morgan fingerprint density at radius 1 is 1.15 bits per heavy atom. The highest BCUT2D eigenvalue weighted by atomic mass is 32.2. The predicted octanol–water partition coefficient (Wildman–Crippen LogP) is 2.60. The van der Waals surface area contributed by atoms with Gasteiger partial charge in [0, 0.05) is 31.4 Å². The predicted molar refractivity (Wildman–Crippen MR) is 106 cm³/mol. The van der Waals surface area contributed by atoms with Crippen LogP contribution in [0.5, 0.6) is 0 Å². The number of nitrogens with zero attached hydrogens (tertiary/aromatic N) is 2. The van der Waals surface area contributed by atoms with Crippen LogP contribution in [0.2, 0.25) is 0 Å². The lowest BCUT2D eigenvalue weighted by molar-refractivity contribution is 0.122. The van der Waals surface area contributed by atoms with Crippen molar-refractivity contribution in [3.8, 4) is 0 Å². The molecule has 6 nitrogen and oxygen atoms in total. The van der Waals surface area contributed by atoms with Crippen LogP contribution in [0.4, 0.5) is 5.82 Å². The van der Waals surface area contributed by atoms with Gasteiger partial charge in [0.25, 0.3) is 0 Å². The van der Waals surface area contributed by atoms with Gasteiger partial charge in [-0.25, -0.2) is 18.1 Å². The van der Waals surface area contributed by atoms with Crippen molar-refractivity contribution in [1.29, 1.82) is 0 Å². The molecule has 7 heteroatoms. The van der Waals surface area contributed by atoms with Gasteiger partial charge in [0.05, 0.1) is 18.1 Å². The molecule has 2 aromatic rings. The van der Waals surface area contributed by atoms with Gasteiger partial charge < -0.3 is 9.64 Å². The summed E-state index contributed by atoms with van der Waals surface area (Å²) in [5, 5.41) is 0. The van der Waals surface area contributed by atoms with Crippen LogP contribution in [0.3, 0.4) is 0 Å². The molecule has 0 aliphatic carbocycles. The average molecular weight is 390 g/mol. The maximum Gasteiger partial charge on any atom is 0.240 e. The number of benzene rings is 1. The Morgan fingerprint density at radius 2 is 1.85 bits per heavy atom. The van der Waals surface area contributed by atoms with E-state index in [2.05, 4.69) is 28.5 Å². The Bertz CT molecular complexity index is 845. The Balaban J connectivity index is 1.70. The van der Waals surface area contributed by atoms with Gasteiger partial charge in [-0.1, -0.05) is 32.0 Å². The van der Waals surface area contributed by atoms with E-state index in [0.717, 1.165) is 36.5 Å². The monoisotopic (exact) mass is 389 g/mol. The molecule has 0 atom stereocenters. The first-order chi connectivity index (χ1) is 13.0. The van der Waals surface area contributed by atoms with Crippen LogP contribution >= 0.6 is 0 Å². The second-order valence-corrected chi connectivity index (χ2v) is 8.92. The Morgan fingerprint density at radius 3 is 2.52 bits per heavy atom. The molecule has 2 heterocycles. The minimum atomic E-state index is -3.57. The van der Waals surface area contributed by atoms with Crippen molar-refractivity contribution in [2.45, 2.75) is 31.7 Å². The average Bonchev–Trinajstić information content (AvgIpc) is 2.67. The van der Waals surface area contributed by atoms with Crippen molar-refractivity contribution < 1.29 is 13.2 Å². The maximum atomic E-state index is 12.7. The number of rotatable bonds is 7. The lowest BCUT2D eigenvalue weighted by Crippen LogP contribution is -2.37. The quantitative estimate of drug-likeness (QED) is 0.788. The number of nitrogens with one attached hydrogen (secondary N) is 1. The largest absolute Gasteiger partial charge is 0.378 e. The van der Waals surface area contributed by atoms with E-state index in [-0.39, 0.29) is 11.4 Å². The van der Waals surface area contributed by atoms with Crippen molar-refractivity contribution in [1.82, 2.24) is 9.71 Å². The molecule has 0 saturated carbocycles. The number of anilines is 1. The molecule has 1 aliphatic rings. The third-order valence-corrected chi connectivity index (χ3v) is 5.93. The van der Waals surface area contributed by atoms with E-state index < -0.39 is 10.0 Å². The number of aromatic nitrogens is 1. The third-order valence-electron chi connectivity index (χ3n) is 4.51. The fourth-order valence-corrected chi connectivity index (χ4v) is 4.17. The summed E-state index contributed by atoms with van der Waals surface area (Å²) in [7, 11) is -3.57. The molecule has 1 saturated heterocycles. The molecule has 3 rings (SSSR count). The number of hydrogen-bond acceptors (Lipinski definition) is 5. The van der Waals surface area contributed by atoms with Gasteiger partial charge in [-0.3, -0.25) is 0 Å².